The van der Waals surface area contributed by atoms with Gasteiger partial charge in [0.15, 0.2) is 0 Å². The monoisotopic (exact) mass is 254 g/mol. The average molecular weight is 254 g/mol. The molecule has 0 saturated carbocycles. The third-order valence-electron chi connectivity index (χ3n) is 4.01. The molecule has 1 unspecified atom stereocenters. The van der Waals surface area contributed by atoms with E-state index >= 15 is 0 Å². The molecule has 1 N–H and O–H groups in total. The molecule has 102 valence electrons. The molecule has 2 saturated heterocycles. The number of carbonyl (C=O) groups is 2. The highest BCUT2D eigenvalue weighted by molar-refractivity contribution is 5.82. The van der Waals surface area contributed by atoms with Crippen LogP contribution in [0.5, 0.6) is 0 Å². The van der Waals surface area contributed by atoms with Crippen molar-refractivity contribution in [2.24, 2.45) is 5.92 Å². The fourth-order valence-corrected chi connectivity index (χ4v) is 2.89. The lowest BCUT2D eigenvalue weighted by atomic mass is 9.95. The largest absolute Gasteiger partial charge is 0.469 e. The van der Waals surface area contributed by atoms with Gasteiger partial charge in [-0.1, -0.05) is 0 Å². The Morgan fingerprint density at radius 1 is 1.28 bits per heavy atom. The number of likely N-dealkylation sites (tertiary alicyclic amines) is 1. The third-order valence-corrected chi connectivity index (χ3v) is 4.01. The predicted octanol–water partition coefficient (Wildman–Crippen LogP) is 0.540. The second-order valence-corrected chi connectivity index (χ2v) is 5.14. The minimum absolute atomic E-state index is 0.00565. The molecule has 0 aromatic carbocycles. The minimum atomic E-state index is -0.111. The SMILES string of the molecule is COC(=O)C1CCN(C2CCCCNC2=O)CC1. The molecule has 5 nitrogen and oxygen atoms in total. The van der Waals surface area contributed by atoms with E-state index in [2.05, 4.69) is 10.2 Å². The summed E-state index contributed by atoms with van der Waals surface area (Å²) < 4.78 is 4.77. The molecule has 2 fully saturated rings. The number of ether oxygens (including phenoxy) is 1. The number of rotatable bonds is 2. The maximum absolute atomic E-state index is 11.9. The van der Waals surface area contributed by atoms with Crippen molar-refractivity contribution in [2.45, 2.75) is 38.1 Å². The van der Waals surface area contributed by atoms with Gasteiger partial charge in [-0.05, 0) is 45.2 Å². The molecule has 0 radical (unpaired) electrons. The van der Waals surface area contributed by atoms with Gasteiger partial charge < -0.3 is 10.1 Å². The quantitative estimate of drug-likeness (QED) is 0.731. The Morgan fingerprint density at radius 3 is 2.67 bits per heavy atom. The molecule has 18 heavy (non-hydrogen) atoms. The zero-order chi connectivity index (χ0) is 13.0. The molecule has 2 aliphatic rings. The van der Waals surface area contributed by atoms with E-state index in [1.54, 1.807) is 0 Å². The number of piperidine rings is 1. The second-order valence-electron chi connectivity index (χ2n) is 5.14. The Balaban J connectivity index is 1.88. The Bertz CT molecular complexity index is 311. The van der Waals surface area contributed by atoms with E-state index in [0.717, 1.165) is 51.7 Å². The van der Waals surface area contributed by atoms with Crippen LogP contribution in [0.4, 0.5) is 0 Å². The van der Waals surface area contributed by atoms with E-state index in [1.165, 1.54) is 7.11 Å². The number of esters is 1. The Labute approximate surface area is 108 Å². The van der Waals surface area contributed by atoms with Gasteiger partial charge in [0, 0.05) is 6.54 Å². The van der Waals surface area contributed by atoms with Crippen molar-refractivity contribution in [3.05, 3.63) is 0 Å². The molecule has 0 aromatic heterocycles. The fourth-order valence-electron chi connectivity index (χ4n) is 2.89. The highest BCUT2D eigenvalue weighted by atomic mass is 16.5. The number of carbonyl (C=O) groups excluding carboxylic acids is 2. The summed E-state index contributed by atoms with van der Waals surface area (Å²) in [5.41, 5.74) is 0. The molecule has 5 heteroatoms. The second kappa shape index (κ2) is 6.18. The number of amides is 1. The maximum atomic E-state index is 11.9. The van der Waals surface area contributed by atoms with Crippen LogP contribution in [-0.4, -0.2) is 49.6 Å². The summed E-state index contributed by atoms with van der Waals surface area (Å²) in [6, 6.07) is 0.00565. The van der Waals surface area contributed by atoms with Crippen molar-refractivity contribution in [3.8, 4) is 0 Å². The zero-order valence-corrected chi connectivity index (χ0v) is 11.0. The first kappa shape index (κ1) is 13.3. The fraction of sp³-hybridized carbons (Fsp3) is 0.846. The van der Waals surface area contributed by atoms with Gasteiger partial charge in [0.1, 0.15) is 0 Å². The topological polar surface area (TPSA) is 58.6 Å². The Kier molecular flexibility index (Phi) is 4.58. The van der Waals surface area contributed by atoms with Crippen LogP contribution >= 0.6 is 0 Å². The minimum Gasteiger partial charge on any atom is -0.469 e. The van der Waals surface area contributed by atoms with Crippen molar-refractivity contribution >= 4 is 11.9 Å². The summed E-state index contributed by atoms with van der Waals surface area (Å²) >= 11 is 0. The first-order chi connectivity index (χ1) is 8.72. The summed E-state index contributed by atoms with van der Waals surface area (Å²) in [7, 11) is 1.44. The molecule has 2 rings (SSSR count). The first-order valence-corrected chi connectivity index (χ1v) is 6.82. The van der Waals surface area contributed by atoms with Crippen LogP contribution in [0, 0.1) is 5.92 Å². The van der Waals surface area contributed by atoms with E-state index in [4.69, 9.17) is 4.74 Å². The molecule has 0 aliphatic carbocycles. The van der Waals surface area contributed by atoms with E-state index in [9.17, 15) is 9.59 Å². The molecule has 1 amide bonds. The Morgan fingerprint density at radius 2 is 2.00 bits per heavy atom. The van der Waals surface area contributed by atoms with Crippen molar-refractivity contribution < 1.29 is 14.3 Å². The van der Waals surface area contributed by atoms with Gasteiger partial charge in [0.2, 0.25) is 5.91 Å². The molecule has 2 heterocycles. The molecule has 0 aromatic rings. The summed E-state index contributed by atoms with van der Waals surface area (Å²) in [6.07, 6.45) is 4.71. The van der Waals surface area contributed by atoms with Crippen LogP contribution in [-0.2, 0) is 14.3 Å². The average Bonchev–Trinajstić information content (AvgIpc) is 2.63. The number of methoxy groups -OCH3 is 1. The normalized spacial score (nSPS) is 27.4. The standard InChI is InChI=1S/C13H22N2O3/c1-18-13(17)10-5-8-15(9-6-10)11-4-2-3-7-14-12(11)16/h10-11H,2-9H2,1H3,(H,14,16). The van der Waals surface area contributed by atoms with Gasteiger partial charge in [0.05, 0.1) is 19.1 Å². The number of nitrogens with one attached hydrogen (secondary N) is 1. The molecular weight excluding hydrogens is 232 g/mol. The smallest absolute Gasteiger partial charge is 0.308 e. The van der Waals surface area contributed by atoms with Crippen LogP contribution in [0.25, 0.3) is 0 Å². The van der Waals surface area contributed by atoms with E-state index < -0.39 is 0 Å². The molecule has 0 bridgehead atoms. The van der Waals surface area contributed by atoms with Gasteiger partial charge in [-0.3, -0.25) is 14.5 Å². The van der Waals surface area contributed by atoms with Crippen LogP contribution < -0.4 is 5.32 Å². The molecule has 2 aliphatic heterocycles. The lowest BCUT2D eigenvalue weighted by molar-refractivity contribution is -0.147. The lowest BCUT2D eigenvalue weighted by Crippen LogP contribution is -2.49. The van der Waals surface area contributed by atoms with Crippen molar-refractivity contribution in [1.82, 2.24) is 10.2 Å². The van der Waals surface area contributed by atoms with Gasteiger partial charge in [-0.15, -0.1) is 0 Å². The van der Waals surface area contributed by atoms with Gasteiger partial charge in [0.25, 0.3) is 0 Å². The molecular formula is C13H22N2O3. The van der Waals surface area contributed by atoms with Crippen molar-refractivity contribution in [3.63, 3.8) is 0 Å². The van der Waals surface area contributed by atoms with E-state index in [1.807, 2.05) is 0 Å². The van der Waals surface area contributed by atoms with Gasteiger partial charge >= 0.3 is 5.97 Å². The lowest BCUT2D eigenvalue weighted by Gasteiger charge is -2.35. The van der Waals surface area contributed by atoms with E-state index in [0.29, 0.717) is 0 Å². The van der Waals surface area contributed by atoms with Crippen LogP contribution in [0.15, 0.2) is 0 Å². The zero-order valence-electron chi connectivity index (χ0n) is 11.0. The third kappa shape index (κ3) is 3.02. The van der Waals surface area contributed by atoms with Crippen molar-refractivity contribution in [2.75, 3.05) is 26.7 Å². The van der Waals surface area contributed by atoms with Crippen LogP contribution in [0.3, 0.4) is 0 Å². The molecule has 1 atom stereocenters. The summed E-state index contributed by atoms with van der Waals surface area (Å²) in [5.74, 6) is 0.0593. The van der Waals surface area contributed by atoms with Gasteiger partial charge in [-0.2, -0.15) is 0 Å². The molecule has 0 spiro atoms. The van der Waals surface area contributed by atoms with Crippen LogP contribution in [0.2, 0.25) is 0 Å². The highest BCUT2D eigenvalue weighted by Crippen LogP contribution is 2.22. The van der Waals surface area contributed by atoms with Crippen LogP contribution in [0.1, 0.15) is 32.1 Å². The Hall–Kier alpha value is -1.10. The summed E-state index contributed by atoms with van der Waals surface area (Å²) in [5, 5.41) is 2.96. The summed E-state index contributed by atoms with van der Waals surface area (Å²) in [6.45, 7) is 2.43. The maximum Gasteiger partial charge on any atom is 0.308 e. The van der Waals surface area contributed by atoms with Crippen molar-refractivity contribution in [1.29, 1.82) is 0 Å². The first-order valence-electron chi connectivity index (χ1n) is 6.82. The van der Waals surface area contributed by atoms with E-state index in [-0.39, 0.29) is 23.8 Å². The number of nitrogens with zero attached hydrogens (tertiary/aromatic N) is 1. The van der Waals surface area contributed by atoms with Gasteiger partial charge in [-0.25, -0.2) is 0 Å². The predicted molar refractivity (Wildman–Crippen MR) is 67.0 cm³/mol. The number of hydrogen-bond acceptors (Lipinski definition) is 4. The summed E-state index contributed by atoms with van der Waals surface area (Å²) in [4.78, 5) is 25.6. The highest BCUT2D eigenvalue weighted by Gasteiger charge is 2.32. The number of hydrogen-bond donors (Lipinski definition) is 1.